The lowest BCUT2D eigenvalue weighted by atomic mass is 9.90. The van der Waals surface area contributed by atoms with Crippen molar-refractivity contribution in [2.24, 2.45) is 0 Å². The zero-order chi connectivity index (χ0) is 42.2. The van der Waals surface area contributed by atoms with Gasteiger partial charge in [0.2, 0.25) is 11.8 Å². The monoisotopic (exact) mass is 810 g/mol. The number of hydrogen-bond acceptors (Lipinski definition) is 11. The molecule has 3 aromatic carbocycles. The Balaban J connectivity index is 1.24. The highest BCUT2D eigenvalue weighted by molar-refractivity contribution is 5.97. The van der Waals surface area contributed by atoms with E-state index >= 15 is 0 Å². The molecule has 0 radical (unpaired) electrons. The standard InChI is InChI=1S/C46H54N2O11/c1-45(2,3)58-40(51)18-17-36(29-50)47-42(52)37(24-30-11-6-5-7-12-30)48(4)43(53)35-25-38(56-44(54)32-16-10-13-31(23-32)19-21-55-22-20-49)41-39(26-35)57-46(59-41)27-33-14-8-9-15-34(33)28-46/h5-16,19,21,23,26,36-39,41,49-50H,17-18,20,22,24-25,27-29H2,1-4H3,(H,47,52)/t36-,37+,38+,39+,41-/m0/s1. The number of aliphatic hydroxyl groups is 2. The van der Waals surface area contributed by atoms with Gasteiger partial charge in [0.05, 0.1) is 31.1 Å². The molecule has 13 heteroatoms. The van der Waals surface area contributed by atoms with Crippen molar-refractivity contribution in [3.05, 3.63) is 125 Å². The molecule has 0 bridgehead atoms. The van der Waals surface area contributed by atoms with Gasteiger partial charge in [0.15, 0.2) is 5.79 Å². The van der Waals surface area contributed by atoms with E-state index in [9.17, 15) is 24.3 Å². The van der Waals surface area contributed by atoms with Crippen LogP contribution in [0.25, 0.3) is 6.08 Å². The summed E-state index contributed by atoms with van der Waals surface area (Å²) in [7, 11) is 1.54. The van der Waals surface area contributed by atoms with Gasteiger partial charge in [-0.25, -0.2) is 4.79 Å². The van der Waals surface area contributed by atoms with Crippen LogP contribution in [0.3, 0.4) is 0 Å². The highest BCUT2D eigenvalue weighted by atomic mass is 16.8. The number of rotatable bonds is 16. The van der Waals surface area contributed by atoms with Crippen molar-refractivity contribution >= 4 is 29.8 Å². The van der Waals surface area contributed by atoms with Gasteiger partial charge in [0.1, 0.15) is 36.6 Å². The molecule has 0 unspecified atom stereocenters. The van der Waals surface area contributed by atoms with E-state index in [1.54, 1.807) is 64.2 Å². The molecule has 1 aliphatic heterocycles. The number of nitrogens with one attached hydrogen (secondary N) is 1. The van der Waals surface area contributed by atoms with E-state index in [0.717, 1.165) is 16.7 Å². The van der Waals surface area contributed by atoms with Crippen LogP contribution >= 0.6 is 0 Å². The molecular formula is C46H54N2O11. The SMILES string of the molecule is CN(C(=O)C1=C[C@H]2OC3(Cc4ccccc4C3)O[C@H]2[C@H](OC(=O)c2cccc(C=COCCO)c2)C1)[C@H](Cc1ccccc1)C(=O)N[C@H](CO)CCC(=O)OC(C)(C)C. The molecule has 0 aromatic heterocycles. The number of benzene rings is 3. The van der Waals surface area contributed by atoms with Crippen molar-refractivity contribution in [3.63, 3.8) is 0 Å². The average molecular weight is 811 g/mol. The average Bonchev–Trinajstić information content (AvgIpc) is 3.77. The lowest BCUT2D eigenvalue weighted by molar-refractivity contribution is -0.172. The Labute approximate surface area is 344 Å². The van der Waals surface area contributed by atoms with Gasteiger partial charge in [-0.05, 0) is 73.7 Å². The predicted octanol–water partition coefficient (Wildman–Crippen LogP) is 4.47. The first kappa shape index (κ1) is 43.2. The molecule has 3 aromatic rings. The van der Waals surface area contributed by atoms with Crippen LogP contribution in [-0.4, -0.2) is 108 Å². The largest absolute Gasteiger partial charge is 0.499 e. The lowest BCUT2D eigenvalue weighted by Gasteiger charge is -2.34. The molecular weight excluding hydrogens is 757 g/mol. The minimum absolute atomic E-state index is 0.00804. The number of nitrogens with zero attached hydrogens (tertiary/aromatic N) is 1. The molecule has 0 saturated carbocycles. The van der Waals surface area contributed by atoms with Crippen molar-refractivity contribution in [1.82, 2.24) is 10.2 Å². The summed E-state index contributed by atoms with van der Waals surface area (Å²) in [4.78, 5) is 56.3. The number of hydrogen-bond donors (Lipinski definition) is 3. The number of aliphatic hydroxyl groups excluding tert-OH is 2. The highest BCUT2D eigenvalue weighted by Crippen LogP contribution is 2.45. The summed E-state index contributed by atoms with van der Waals surface area (Å²) in [5, 5.41) is 22.0. The van der Waals surface area contributed by atoms with Gasteiger partial charge in [-0.2, -0.15) is 0 Å². The minimum atomic E-state index is -1.02. The molecule has 13 nitrogen and oxygen atoms in total. The Morgan fingerprint density at radius 2 is 1.68 bits per heavy atom. The first-order valence-corrected chi connectivity index (χ1v) is 20.0. The van der Waals surface area contributed by atoms with Gasteiger partial charge in [-0.3, -0.25) is 14.4 Å². The molecule has 1 heterocycles. The third kappa shape index (κ3) is 11.2. The van der Waals surface area contributed by atoms with Crippen LogP contribution in [0.5, 0.6) is 0 Å². The molecule has 5 atom stereocenters. The Hall–Kier alpha value is -5.34. The second kappa shape index (κ2) is 19.2. The molecule has 6 rings (SSSR count). The molecule has 1 spiro atoms. The van der Waals surface area contributed by atoms with Crippen molar-refractivity contribution in [2.75, 3.05) is 26.9 Å². The van der Waals surface area contributed by atoms with E-state index in [-0.39, 0.29) is 50.0 Å². The van der Waals surface area contributed by atoms with Crippen LogP contribution in [0.1, 0.15) is 72.6 Å². The van der Waals surface area contributed by atoms with Gasteiger partial charge in [-0.1, -0.05) is 66.7 Å². The lowest BCUT2D eigenvalue weighted by Crippen LogP contribution is -2.53. The maximum absolute atomic E-state index is 14.6. The Kier molecular flexibility index (Phi) is 14.0. The minimum Gasteiger partial charge on any atom is -0.499 e. The molecule has 2 aliphatic carbocycles. The second-order valence-electron chi connectivity index (χ2n) is 16.2. The molecule has 1 fully saturated rings. The summed E-state index contributed by atoms with van der Waals surface area (Å²) in [5.74, 6) is -3.07. The van der Waals surface area contributed by atoms with E-state index in [2.05, 4.69) is 5.32 Å². The Morgan fingerprint density at radius 3 is 2.36 bits per heavy atom. The number of ether oxygens (including phenoxy) is 5. The van der Waals surface area contributed by atoms with Crippen LogP contribution in [0.15, 0.2) is 96.8 Å². The molecule has 3 N–H and O–H groups in total. The van der Waals surface area contributed by atoms with Crippen molar-refractivity contribution in [1.29, 1.82) is 0 Å². The third-order valence-electron chi connectivity index (χ3n) is 10.5. The number of amides is 2. The van der Waals surface area contributed by atoms with E-state index in [1.807, 2.05) is 54.6 Å². The number of fused-ring (bicyclic) bond motifs is 2. The smallest absolute Gasteiger partial charge is 0.338 e. The fourth-order valence-electron chi connectivity index (χ4n) is 7.68. The normalized spacial score (nSPS) is 20.2. The van der Waals surface area contributed by atoms with Crippen molar-refractivity contribution < 1.29 is 53.1 Å². The first-order valence-electron chi connectivity index (χ1n) is 20.0. The summed E-state index contributed by atoms with van der Waals surface area (Å²) >= 11 is 0. The maximum Gasteiger partial charge on any atom is 0.338 e. The number of esters is 2. The van der Waals surface area contributed by atoms with E-state index in [4.69, 9.17) is 28.8 Å². The molecule has 3 aliphatic rings. The van der Waals surface area contributed by atoms with Crippen LogP contribution in [-0.2, 0) is 57.3 Å². The van der Waals surface area contributed by atoms with E-state index in [1.165, 1.54) is 11.2 Å². The number of carbonyl (C=O) groups is 4. The van der Waals surface area contributed by atoms with Gasteiger partial charge in [0, 0.05) is 44.7 Å². The van der Waals surface area contributed by atoms with Crippen molar-refractivity contribution in [2.45, 2.75) is 101 Å². The summed E-state index contributed by atoms with van der Waals surface area (Å²) in [6, 6.07) is 22.3. The van der Waals surface area contributed by atoms with Crippen LogP contribution < -0.4 is 5.32 Å². The number of likely N-dealkylation sites (N-methyl/N-ethyl adjacent to an activating group) is 1. The molecule has 314 valence electrons. The summed E-state index contributed by atoms with van der Waals surface area (Å²) in [6.07, 6.45) is 3.68. The second-order valence-corrected chi connectivity index (χ2v) is 16.2. The quantitative estimate of drug-likeness (QED) is 0.106. The van der Waals surface area contributed by atoms with Gasteiger partial charge in [-0.15, -0.1) is 0 Å². The fraction of sp³-hybridized carbons (Fsp3) is 0.435. The van der Waals surface area contributed by atoms with Crippen molar-refractivity contribution in [3.8, 4) is 0 Å². The van der Waals surface area contributed by atoms with Gasteiger partial charge < -0.3 is 44.1 Å². The van der Waals surface area contributed by atoms with Gasteiger partial charge >= 0.3 is 11.9 Å². The summed E-state index contributed by atoms with van der Waals surface area (Å²) < 4.78 is 30.2. The topological polar surface area (TPSA) is 170 Å². The Bertz CT molecular complexity index is 2000. The van der Waals surface area contributed by atoms with Crippen LogP contribution in [0.4, 0.5) is 0 Å². The predicted molar refractivity (Wildman–Crippen MR) is 218 cm³/mol. The van der Waals surface area contributed by atoms with Gasteiger partial charge in [0.25, 0.3) is 0 Å². The Morgan fingerprint density at radius 1 is 0.966 bits per heavy atom. The summed E-state index contributed by atoms with van der Waals surface area (Å²) in [6.45, 7) is 4.87. The number of carbonyl (C=O) groups excluding carboxylic acids is 4. The maximum atomic E-state index is 14.6. The van der Waals surface area contributed by atoms with Crippen LogP contribution in [0.2, 0.25) is 0 Å². The third-order valence-corrected chi connectivity index (χ3v) is 10.5. The van der Waals surface area contributed by atoms with E-state index in [0.29, 0.717) is 18.4 Å². The molecule has 59 heavy (non-hydrogen) atoms. The first-order chi connectivity index (χ1) is 28.3. The van der Waals surface area contributed by atoms with Crippen LogP contribution in [0, 0.1) is 0 Å². The molecule has 1 saturated heterocycles. The highest BCUT2D eigenvalue weighted by Gasteiger charge is 2.55. The zero-order valence-electron chi connectivity index (χ0n) is 34.0. The molecule has 2 amide bonds. The zero-order valence-corrected chi connectivity index (χ0v) is 34.0. The fourth-order valence-corrected chi connectivity index (χ4v) is 7.68. The van der Waals surface area contributed by atoms with E-state index < -0.39 is 72.1 Å². The summed E-state index contributed by atoms with van der Waals surface area (Å²) in [5.41, 5.74) is 3.55.